The second kappa shape index (κ2) is 8.13. The molecule has 0 aliphatic carbocycles. The molecule has 2 aliphatic rings. The molecule has 0 saturated carbocycles. The van der Waals surface area contributed by atoms with E-state index in [4.69, 9.17) is 9.47 Å². The van der Waals surface area contributed by atoms with Crippen LogP contribution in [0.2, 0.25) is 13.1 Å². The monoisotopic (exact) mass is 360 g/mol. The lowest BCUT2D eigenvalue weighted by molar-refractivity contribution is -0.162. The maximum atomic E-state index is 6.63. The van der Waals surface area contributed by atoms with Crippen LogP contribution in [-0.4, -0.2) is 42.0 Å². The number of ether oxygens (including phenoxy) is 2. The highest BCUT2D eigenvalue weighted by Crippen LogP contribution is 2.44. The lowest BCUT2D eigenvalue weighted by Gasteiger charge is -2.55. The van der Waals surface area contributed by atoms with Gasteiger partial charge in [0.1, 0.15) is 0 Å². The van der Waals surface area contributed by atoms with Crippen LogP contribution in [0.1, 0.15) is 44.1 Å². The summed E-state index contributed by atoms with van der Waals surface area (Å²) in [5.41, 5.74) is 3.77. The minimum Gasteiger partial charge on any atom is -0.376 e. The Balaban J connectivity index is 1.85. The summed E-state index contributed by atoms with van der Waals surface area (Å²) in [6.07, 6.45) is 9.80. The van der Waals surface area contributed by atoms with Gasteiger partial charge in [0.2, 0.25) is 0 Å². The molecular formula is C20H32O2Si2. The van der Waals surface area contributed by atoms with Gasteiger partial charge in [-0.1, -0.05) is 55.2 Å². The van der Waals surface area contributed by atoms with Crippen LogP contribution in [0.4, 0.5) is 0 Å². The minimum atomic E-state index is -0.991. The maximum Gasteiger partial charge on any atom is 0.0867 e. The summed E-state index contributed by atoms with van der Waals surface area (Å²) in [5.74, 6) is 0. The molecule has 4 heteroatoms. The van der Waals surface area contributed by atoms with Crippen molar-refractivity contribution in [2.24, 2.45) is 0 Å². The lowest BCUT2D eigenvalue weighted by Crippen LogP contribution is -2.68. The predicted molar refractivity (Wildman–Crippen MR) is 108 cm³/mol. The van der Waals surface area contributed by atoms with Crippen LogP contribution in [0.15, 0.2) is 36.0 Å². The fourth-order valence-corrected chi connectivity index (χ4v) is 10.8. The SMILES string of the molecule is C[SiH](C)C1(C2([SiH2]C=Cc3ccccc3)CCCCO2)CCCCO1. The third kappa shape index (κ3) is 3.62. The van der Waals surface area contributed by atoms with E-state index in [1.54, 1.807) is 0 Å². The molecule has 0 bridgehead atoms. The number of hydrogen-bond acceptors (Lipinski definition) is 2. The van der Waals surface area contributed by atoms with Gasteiger partial charge in [-0.05, 0) is 44.1 Å². The van der Waals surface area contributed by atoms with Gasteiger partial charge in [0.15, 0.2) is 0 Å². The molecule has 0 N–H and O–H groups in total. The second-order valence-electron chi connectivity index (χ2n) is 7.67. The Morgan fingerprint density at radius 2 is 1.67 bits per heavy atom. The van der Waals surface area contributed by atoms with Gasteiger partial charge in [-0.2, -0.15) is 0 Å². The summed E-state index contributed by atoms with van der Waals surface area (Å²) in [4.78, 5) is 0. The van der Waals surface area contributed by atoms with Crippen LogP contribution >= 0.6 is 0 Å². The summed E-state index contributed by atoms with van der Waals surface area (Å²) in [6, 6.07) is 10.7. The number of benzene rings is 1. The van der Waals surface area contributed by atoms with Gasteiger partial charge in [-0.15, -0.1) is 0 Å². The second-order valence-corrected chi connectivity index (χ2v) is 12.9. The van der Waals surface area contributed by atoms with E-state index in [0.29, 0.717) is 0 Å². The number of hydrogen-bond donors (Lipinski definition) is 0. The molecule has 2 aliphatic heterocycles. The van der Waals surface area contributed by atoms with E-state index in [-0.39, 0.29) is 10.4 Å². The fraction of sp³-hybridized carbons (Fsp3) is 0.600. The molecule has 132 valence electrons. The van der Waals surface area contributed by atoms with Gasteiger partial charge in [0, 0.05) is 13.2 Å². The van der Waals surface area contributed by atoms with Crippen molar-refractivity contribution in [3.05, 3.63) is 41.6 Å². The Morgan fingerprint density at radius 3 is 2.25 bits per heavy atom. The lowest BCUT2D eigenvalue weighted by atomic mass is 9.96. The summed E-state index contributed by atoms with van der Waals surface area (Å²) in [6.45, 7) is 6.81. The number of rotatable bonds is 5. The molecular weight excluding hydrogens is 328 g/mol. The van der Waals surface area contributed by atoms with Crippen molar-refractivity contribution in [3.63, 3.8) is 0 Å². The Kier molecular flexibility index (Phi) is 6.14. The van der Waals surface area contributed by atoms with Crippen molar-refractivity contribution in [2.75, 3.05) is 13.2 Å². The first-order valence-corrected chi connectivity index (χ1v) is 14.1. The molecule has 1 aromatic carbocycles. The first kappa shape index (κ1) is 18.1. The quantitative estimate of drug-likeness (QED) is 0.746. The predicted octanol–water partition coefficient (Wildman–Crippen LogP) is 3.69. The van der Waals surface area contributed by atoms with Crippen LogP contribution in [0, 0.1) is 0 Å². The van der Waals surface area contributed by atoms with Gasteiger partial charge in [0.05, 0.1) is 28.8 Å². The van der Waals surface area contributed by atoms with E-state index < -0.39 is 18.3 Å². The largest absolute Gasteiger partial charge is 0.376 e. The van der Waals surface area contributed by atoms with Crippen molar-refractivity contribution >= 4 is 24.4 Å². The average molecular weight is 361 g/mol. The molecule has 2 fully saturated rings. The molecule has 2 heterocycles. The first-order valence-electron chi connectivity index (χ1n) is 9.68. The van der Waals surface area contributed by atoms with Crippen LogP contribution in [-0.2, 0) is 9.47 Å². The summed E-state index contributed by atoms with van der Waals surface area (Å²) in [7, 11) is -1.51. The standard InChI is InChI=1S/C20H32O2Si2/c1-24(2)20(14-7-9-16-22-20)19(13-6-8-15-21-19)23-17-12-18-10-4-3-5-11-18/h3-5,10-12,17,24H,6-9,13-16,23H2,1-2H3. The molecule has 2 nitrogen and oxygen atoms in total. The van der Waals surface area contributed by atoms with E-state index in [1.165, 1.54) is 44.1 Å². The van der Waals surface area contributed by atoms with Crippen LogP contribution in [0.5, 0.6) is 0 Å². The third-order valence-corrected chi connectivity index (χ3v) is 11.5. The molecule has 1 aromatic rings. The highest BCUT2D eigenvalue weighted by Gasteiger charge is 2.55. The van der Waals surface area contributed by atoms with Crippen LogP contribution in [0.25, 0.3) is 6.08 Å². The average Bonchev–Trinajstić information content (AvgIpc) is 2.64. The Bertz CT molecular complexity index is 530. The van der Waals surface area contributed by atoms with E-state index in [1.807, 2.05) is 0 Å². The molecule has 0 radical (unpaired) electrons. The maximum absolute atomic E-state index is 6.63. The smallest absolute Gasteiger partial charge is 0.0867 e. The third-order valence-electron chi connectivity index (χ3n) is 5.92. The summed E-state index contributed by atoms with van der Waals surface area (Å²) < 4.78 is 13.2. The summed E-state index contributed by atoms with van der Waals surface area (Å²) in [5, 5.41) is 0.107. The normalized spacial score (nSPS) is 32.1. The van der Waals surface area contributed by atoms with E-state index in [9.17, 15) is 0 Å². The van der Waals surface area contributed by atoms with E-state index in [2.05, 4.69) is 55.2 Å². The van der Waals surface area contributed by atoms with Gasteiger partial charge in [-0.3, -0.25) is 0 Å². The molecule has 0 aromatic heterocycles. The van der Waals surface area contributed by atoms with Crippen LogP contribution in [0.3, 0.4) is 0 Å². The topological polar surface area (TPSA) is 18.5 Å². The van der Waals surface area contributed by atoms with Gasteiger partial charge < -0.3 is 9.47 Å². The van der Waals surface area contributed by atoms with Crippen molar-refractivity contribution in [2.45, 2.75) is 62.1 Å². The van der Waals surface area contributed by atoms with Crippen molar-refractivity contribution in [1.82, 2.24) is 0 Å². The zero-order valence-electron chi connectivity index (χ0n) is 15.3. The molecule has 0 amide bonds. The van der Waals surface area contributed by atoms with Crippen molar-refractivity contribution < 1.29 is 9.47 Å². The van der Waals surface area contributed by atoms with Crippen molar-refractivity contribution in [1.29, 1.82) is 0 Å². The fourth-order valence-electron chi connectivity index (χ4n) is 4.63. The van der Waals surface area contributed by atoms with Gasteiger partial charge >= 0.3 is 0 Å². The minimum absolute atomic E-state index is 0.0390. The Morgan fingerprint density at radius 1 is 0.958 bits per heavy atom. The van der Waals surface area contributed by atoms with E-state index in [0.717, 1.165) is 13.2 Å². The molecule has 3 rings (SSSR count). The highest BCUT2D eigenvalue weighted by molar-refractivity contribution is 6.63. The first-order chi connectivity index (χ1) is 11.7. The van der Waals surface area contributed by atoms with E-state index >= 15 is 0 Å². The zero-order valence-corrected chi connectivity index (χ0v) is 17.9. The molecule has 2 unspecified atom stereocenters. The molecule has 0 spiro atoms. The van der Waals surface area contributed by atoms with Gasteiger partial charge in [0.25, 0.3) is 0 Å². The Hall–Kier alpha value is -0.686. The van der Waals surface area contributed by atoms with Crippen LogP contribution < -0.4 is 0 Å². The van der Waals surface area contributed by atoms with Gasteiger partial charge in [-0.25, -0.2) is 0 Å². The molecule has 24 heavy (non-hydrogen) atoms. The van der Waals surface area contributed by atoms with Crippen molar-refractivity contribution in [3.8, 4) is 0 Å². The highest BCUT2D eigenvalue weighted by atomic mass is 28.3. The molecule has 2 saturated heterocycles. The summed E-state index contributed by atoms with van der Waals surface area (Å²) >= 11 is 0. The molecule has 2 atom stereocenters. The Labute approximate surface area is 151 Å². The zero-order chi connectivity index (χ0) is 16.9.